The number of ether oxygens (including phenoxy) is 1. The average Bonchev–Trinajstić information content (AvgIpc) is 2.25. The molecule has 0 amide bonds. The standard InChI is InChI=1S/C14H29NO/c1-6-8-13(3)11-14(4,7-2)12-15-9-10-16-5/h7,13,15H,2,6,8-12H2,1,3-5H3. The fraction of sp³-hybridized carbons (Fsp3) is 0.857. The molecule has 0 fully saturated rings. The fourth-order valence-corrected chi connectivity index (χ4v) is 2.17. The summed E-state index contributed by atoms with van der Waals surface area (Å²) in [6, 6.07) is 0. The Morgan fingerprint density at radius 2 is 2.19 bits per heavy atom. The van der Waals surface area contributed by atoms with E-state index < -0.39 is 0 Å². The topological polar surface area (TPSA) is 21.3 Å². The lowest BCUT2D eigenvalue weighted by Gasteiger charge is -2.29. The first-order valence-corrected chi connectivity index (χ1v) is 6.41. The fourth-order valence-electron chi connectivity index (χ4n) is 2.17. The zero-order valence-corrected chi connectivity index (χ0v) is 11.5. The zero-order chi connectivity index (χ0) is 12.4. The third-order valence-electron chi connectivity index (χ3n) is 3.10. The van der Waals surface area contributed by atoms with Crippen LogP contribution in [0.15, 0.2) is 12.7 Å². The Morgan fingerprint density at radius 1 is 1.50 bits per heavy atom. The number of methoxy groups -OCH3 is 1. The molecule has 2 heteroatoms. The molecule has 0 aromatic heterocycles. The second-order valence-electron chi connectivity index (χ2n) is 5.13. The largest absolute Gasteiger partial charge is 0.383 e. The highest BCUT2D eigenvalue weighted by Crippen LogP contribution is 2.28. The van der Waals surface area contributed by atoms with Crippen LogP contribution in [0.4, 0.5) is 0 Å². The first-order chi connectivity index (χ1) is 7.58. The van der Waals surface area contributed by atoms with Crippen molar-refractivity contribution in [1.82, 2.24) is 5.32 Å². The van der Waals surface area contributed by atoms with E-state index in [0.717, 1.165) is 25.6 Å². The van der Waals surface area contributed by atoms with Crippen molar-refractivity contribution in [3.05, 3.63) is 12.7 Å². The van der Waals surface area contributed by atoms with Gasteiger partial charge in [0.15, 0.2) is 0 Å². The predicted molar refractivity (Wildman–Crippen MR) is 71.7 cm³/mol. The first kappa shape index (κ1) is 15.7. The summed E-state index contributed by atoms with van der Waals surface area (Å²) in [7, 11) is 1.73. The van der Waals surface area contributed by atoms with Crippen molar-refractivity contribution in [2.45, 2.75) is 40.0 Å². The molecule has 0 spiro atoms. The van der Waals surface area contributed by atoms with Crippen molar-refractivity contribution < 1.29 is 4.74 Å². The van der Waals surface area contributed by atoms with E-state index in [-0.39, 0.29) is 5.41 Å². The summed E-state index contributed by atoms with van der Waals surface area (Å²) < 4.78 is 5.02. The predicted octanol–water partition coefficient (Wildman–Crippen LogP) is 3.24. The van der Waals surface area contributed by atoms with Crippen LogP contribution in [0.2, 0.25) is 0 Å². The number of hydrogen-bond acceptors (Lipinski definition) is 2. The highest BCUT2D eigenvalue weighted by Gasteiger charge is 2.22. The van der Waals surface area contributed by atoms with Crippen molar-refractivity contribution in [2.75, 3.05) is 26.8 Å². The Labute approximate surface area is 101 Å². The molecule has 0 aromatic carbocycles. The Bertz CT molecular complexity index is 182. The minimum absolute atomic E-state index is 0.211. The van der Waals surface area contributed by atoms with Gasteiger partial charge in [-0.3, -0.25) is 0 Å². The Hall–Kier alpha value is -0.340. The van der Waals surface area contributed by atoms with Crippen molar-refractivity contribution in [3.63, 3.8) is 0 Å². The maximum atomic E-state index is 5.02. The molecule has 2 nitrogen and oxygen atoms in total. The van der Waals surface area contributed by atoms with Gasteiger partial charge in [-0.1, -0.05) is 39.7 Å². The quantitative estimate of drug-likeness (QED) is 0.457. The Balaban J connectivity index is 3.94. The molecule has 2 atom stereocenters. The molecule has 0 saturated carbocycles. The minimum atomic E-state index is 0.211. The third kappa shape index (κ3) is 7.02. The molecule has 0 aromatic rings. The van der Waals surface area contributed by atoms with Gasteiger partial charge in [0.1, 0.15) is 0 Å². The molecular weight excluding hydrogens is 198 g/mol. The van der Waals surface area contributed by atoms with Crippen molar-refractivity contribution in [3.8, 4) is 0 Å². The van der Waals surface area contributed by atoms with E-state index in [4.69, 9.17) is 4.74 Å². The number of rotatable bonds is 10. The Morgan fingerprint density at radius 3 is 2.69 bits per heavy atom. The van der Waals surface area contributed by atoms with Crippen LogP contribution in [0, 0.1) is 11.3 Å². The summed E-state index contributed by atoms with van der Waals surface area (Å²) in [5.74, 6) is 0.775. The Kier molecular flexibility index (Phi) is 8.58. The lowest BCUT2D eigenvalue weighted by molar-refractivity contribution is 0.193. The molecule has 0 radical (unpaired) electrons. The van der Waals surface area contributed by atoms with Crippen LogP contribution in [0.3, 0.4) is 0 Å². The molecule has 0 aliphatic rings. The molecule has 1 N–H and O–H groups in total. The van der Waals surface area contributed by atoms with Crippen LogP contribution in [0.5, 0.6) is 0 Å². The highest BCUT2D eigenvalue weighted by atomic mass is 16.5. The number of hydrogen-bond donors (Lipinski definition) is 1. The summed E-state index contributed by atoms with van der Waals surface area (Å²) in [6.07, 6.45) is 5.89. The SMILES string of the molecule is C=CC(C)(CNCCOC)CC(C)CCC. The van der Waals surface area contributed by atoms with Crippen LogP contribution in [0.25, 0.3) is 0 Å². The molecule has 96 valence electrons. The second-order valence-corrected chi connectivity index (χ2v) is 5.13. The van der Waals surface area contributed by atoms with Crippen LogP contribution in [-0.4, -0.2) is 26.8 Å². The molecule has 0 rings (SSSR count). The summed E-state index contributed by atoms with van der Waals surface area (Å²) in [6.45, 7) is 13.5. The van der Waals surface area contributed by atoms with Crippen LogP contribution < -0.4 is 5.32 Å². The molecule has 2 unspecified atom stereocenters. The monoisotopic (exact) mass is 227 g/mol. The van der Waals surface area contributed by atoms with Crippen LogP contribution >= 0.6 is 0 Å². The molecule has 0 heterocycles. The molecule has 0 aliphatic heterocycles. The van der Waals surface area contributed by atoms with Gasteiger partial charge in [-0.15, -0.1) is 6.58 Å². The van der Waals surface area contributed by atoms with Crippen LogP contribution in [0.1, 0.15) is 40.0 Å². The van der Waals surface area contributed by atoms with E-state index in [1.165, 1.54) is 19.3 Å². The van der Waals surface area contributed by atoms with Crippen molar-refractivity contribution in [1.29, 1.82) is 0 Å². The lowest BCUT2D eigenvalue weighted by atomic mass is 9.80. The average molecular weight is 227 g/mol. The normalized spacial score (nSPS) is 16.8. The van der Waals surface area contributed by atoms with E-state index in [1.54, 1.807) is 7.11 Å². The van der Waals surface area contributed by atoms with Gasteiger partial charge in [0, 0.05) is 20.2 Å². The van der Waals surface area contributed by atoms with E-state index in [2.05, 4.69) is 38.7 Å². The molecular formula is C14H29NO. The van der Waals surface area contributed by atoms with E-state index >= 15 is 0 Å². The van der Waals surface area contributed by atoms with Gasteiger partial charge in [-0.25, -0.2) is 0 Å². The zero-order valence-electron chi connectivity index (χ0n) is 11.5. The van der Waals surface area contributed by atoms with Gasteiger partial charge in [0.2, 0.25) is 0 Å². The molecule has 16 heavy (non-hydrogen) atoms. The van der Waals surface area contributed by atoms with Crippen LogP contribution in [-0.2, 0) is 4.74 Å². The van der Waals surface area contributed by atoms with Gasteiger partial charge in [0.25, 0.3) is 0 Å². The molecule has 0 bridgehead atoms. The molecule has 0 saturated heterocycles. The van der Waals surface area contributed by atoms with Gasteiger partial charge >= 0.3 is 0 Å². The second kappa shape index (κ2) is 8.77. The van der Waals surface area contributed by atoms with E-state index in [1.807, 2.05) is 0 Å². The summed E-state index contributed by atoms with van der Waals surface area (Å²) >= 11 is 0. The van der Waals surface area contributed by atoms with Gasteiger partial charge in [-0.2, -0.15) is 0 Å². The smallest absolute Gasteiger partial charge is 0.0587 e. The summed E-state index contributed by atoms with van der Waals surface area (Å²) in [4.78, 5) is 0. The molecule has 0 aliphatic carbocycles. The maximum absolute atomic E-state index is 5.02. The van der Waals surface area contributed by atoms with Crippen molar-refractivity contribution in [2.24, 2.45) is 11.3 Å². The van der Waals surface area contributed by atoms with E-state index in [9.17, 15) is 0 Å². The van der Waals surface area contributed by atoms with Gasteiger partial charge in [0.05, 0.1) is 6.61 Å². The summed E-state index contributed by atoms with van der Waals surface area (Å²) in [5, 5.41) is 3.43. The maximum Gasteiger partial charge on any atom is 0.0587 e. The summed E-state index contributed by atoms with van der Waals surface area (Å²) in [5.41, 5.74) is 0.211. The minimum Gasteiger partial charge on any atom is -0.383 e. The highest BCUT2D eigenvalue weighted by molar-refractivity contribution is 4.94. The lowest BCUT2D eigenvalue weighted by Crippen LogP contribution is -2.33. The van der Waals surface area contributed by atoms with Gasteiger partial charge in [-0.05, 0) is 17.8 Å². The first-order valence-electron chi connectivity index (χ1n) is 6.41. The van der Waals surface area contributed by atoms with E-state index in [0.29, 0.717) is 0 Å². The third-order valence-corrected chi connectivity index (χ3v) is 3.10. The van der Waals surface area contributed by atoms with Crippen molar-refractivity contribution >= 4 is 0 Å². The van der Waals surface area contributed by atoms with Gasteiger partial charge < -0.3 is 10.1 Å². The number of nitrogens with one attached hydrogen (secondary N) is 1.